The number of aromatic carboxylic acids is 1. The number of benzene rings is 3. The molecule has 0 aliphatic heterocycles. The van der Waals surface area contributed by atoms with Crippen molar-refractivity contribution in [3.8, 4) is 0 Å². The van der Waals surface area contributed by atoms with E-state index in [1.807, 2.05) is 36.4 Å². The van der Waals surface area contributed by atoms with Gasteiger partial charge in [0.1, 0.15) is 0 Å². The second kappa shape index (κ2) is 6.71. The number of hydrogen-bond donors (Lipinski definition) is 1. The van der Waals surface area contributed by atoms with Crippen molar-refractivity contribution in [2.75, 3.05) is 0 Å². The van der Waals surface area contributed by atoms with Gasteiger partial charge in [0.25, 0.3) is 0 Å². The van der Waals surface area contributed by atoms with Gasteiger partial charge >= 0.3 is 0 Å². The first-order valence-corrected chi connectivity index (χ1v) is 9.92. The molecule has 0 unspecified atom stereocenters. The lowest BCUT2D eigenvalue weighted by molar-refractivity contribution is -0.255. The summed E-state index contributed by atoms with van der Waals surface area (Å²) in [5.41, 5.74) is 6.68. The molecule has 0 saturated carbocycles. The summed E-state index contributed by atoms with van der Waals surface area (Å²) in [5.74, 6) is -1.17. The molecule has 3 aromatic carbocycles. The SMILES string of the molecule is O=C([O-])c1ccc(C[C@@]2(C3=Cc4ccccc4C3)Cc3ccccc3[C@H]2O)cc1. The molecule has 29 heavy (non-hydrogen) atoms. The molecular weight excluding hydrogens is 360 g/mol. The Morgan fingerprint density at radius 3 is 2.34 bits per heavy atom. The molecular formula is C26H21O3-. The smallest absolute Gasteiger partial charge is 0.0892 e. The van der Waals surface area contributed by atoms with Crippen LogP contribution in [0.15, 0.2) is 78.4 Å². The number of aliphatic hydroxyl groups is 1. The van der Waals surface area contributed by atoms with Crippen molar-refractivity contribution in [2.45, 2.75) is 25.4 Å². The molecule has 0 amide bonds. The van der Waals surface area contributed by atoms with E-state index in [9.17, 15) is 15.0 Å². The third-order valence-corrected chi connectivity index (χ3v) is 6.49. The van der Waals surface area contributed by atoms with Crippen molar-refractivity contribution >= 4 is 12.0 Å². The second-order valence-corrected chi connectivity index (χ2v) is 8.14. The number of carboxylic acid groups (broad SMARTS) is 1. The van der Waals surface area contributed by atoms with Crippen molar-refractivity contribution in [3.63, 3.8) is 0 Å². The molecule has 1 N–H and O–H groups in total. The predicted molar refractivity (Wildman–Crippen MR) is 110 cm³/mol. The van der Waals surface area contributed by atoms with Crippen molar-refractivity contribution < 1.29 is 15.0 Å². The quantitative estimate of drug-likeness (QED) is 0.752. The van der Waals surface area contributed by atoms with Crippen LogP contribution in [0.1, 0.15) is 44.3 Å². The summed E-state index contributed by atoms with van der Waals surface area (Å²) in [7, 11) is 0. The molecule has 0 spiro atoms. The topological polar surface area (TPSA) is 60.4 Å². The average Bonchev–Trinajstić information content (AvgIpc) is 3.29. The van der Waals surface area contributed by atoms with E-state index in [0.29, 0.717) is 6.42 Å². The number of carbonyl (C=O) groups excluding carboxylic acids is 1. The zero-order chi connectivity index (χ0) is 20.0. The Kier molecular flexibility index (Phi) is 4.14. The van der Waals surface area contributed by atoms with Crippen molar-refractivity contribution in [3.05, 3.63) is 112 Å². The molecule has 0 bridgehead atoms. The van der Waals surface area contributed by atoms with Gasteiger partial charge in [-0.2, -0.15) is 0 Å². The molecule has 0 aromatic heterocycles. The normalized spacial score (nSPS) is 22.1. The van der Waals surface area contributed by atoms with Crippen LogP contribution in [0.25, 0.3) is 6.08 Å². The molecule has 2 atom stereocenters. The van der Waals surface area contributed by atoms with Crippen LogP contribution in [0, 0.1) is 5.41 Å². The summed E-state index contributed by atoms with van der Waals surface area (Å²) >= 11 is 0. The number of hydrogen-bond acceptors (Lipinski definition) is 3. The maximum Gasteiger partial charge on any atom is 0.0892 e. The van der Waals surface area contributed by atoms with Crippen LogP contribution >= 0.6 is 0 Å². The molecule has 2 aliphatic carbocycles. The predicted octanol–water partition coefficient (Wildman–Crippen LogP) is 3.51. The highest BCUT2D eigenvalue weighted by Gasteiger charge is 2.48. The lowest BCUT2D eigenvalue weighted by Gasteiger charge is -2.35. The maximum absolute atomic E-state index is 11.5. The van der Waals surface area contributed by atoms with E-state index in [0.717, 1.165) is 24.0 Å². The summed E-state index contributed by atoms with van der Waals surface area (Å²) < 4.78 is 0. The Morgan fingerprint density at radius 2 is 1.66 bits per heavy atom. The van der Waals surface area contributed by atoms with Gasteiger partial charge in [0, 0.05) is 5.41 Å². The fourth-order valence-corrected chi connectivity index (χ4v) is 4.98. The van der Waals surface area contributed by atoms with Crippen LogP contribution < -0.4 is 5.11 Å². The summed E-state index contributed by atoms with van der Waals surface area (Å²) in [6, 6.07) is 23.3. The summed E-state index contributed by atoms with van der Waals surface area (Å²) in [6.07, 6.45) is 3.89. The highest BCUT2D eigenvalue weighted by Crippen LogP contribution is 2.54. The molecule has 3 nitrogen and oxygen atoms in total. The molecule has 144 valence electrons. The average molecular weight is 381 g/mol. The largest absolute Gasteiger partial charge is 0.545 e. The number of rotatable bonds is 4. The van der Waals surface area contributed by atoms with E-state index in [-0.39, 0.29) is 5.56 Å². The van der Waals surface area contributed by atoms with Crippen LogP contribution in [0.2, 0.25) is 0 Å². The summed E-state index contributed by atoms with van der Waals surface area (Å²) in [4.78, 5) is 11.1. The van der Waals surface area contributed by atoms with E-state index in [1.165, 1.54) is 22.3 Å². The zero-order valence-electron chi connectivity index (χ0n) is 16.0. The standard InChI is InChI=1S/C26H22O3/c27-24-23-8-4-3-7-21(23)16-26(24,15-17-9-11-18(12-10-17)25(28)29)22-13-19-5-1-2-6-20(19)14-22/h1-13,24,27H,14-16H2,(H,28,29)/p-1/t24-,26+/m1/s1. The van der Waals surface area contributed by atoms with Gasteiger partial charge in [-0.1, -0.05) is 84.4 Å². The third kappa shape index (κ3) is 2.90. The molecule has 2 aliphatic rings. The first-order chi connectivity index (χ1) is 14.1. The van der Waals surface area contributed by atoms with Gasteiger partial charge in [-0.3, -0.25) is 0 Å². The third-order valence-electron chi connectivity index (χ3n) is 6.49. The number of aliphatic hydroxyl groups excluding tert-OH is 1. The Balaban J connectivity index is 1.57. The Bertz CT molecular complexity index is 1130. The second-order valence-electron chi connectivity index (χ2n) is 8.14. The summed E-state index contributed by atoms with van der Waals surface area (Å²) in [6.45, 7) is 0. The lowest BCUT2D eigenvalue weighted by atomic mass is 9.70. The molecule has 0 fully saturated rings. The Morgan fingerprint density at radius 1 is 0.966 bits per heavy atom. The van der Waals surface area contributed by atoms with Gasteiger partial charge in [0.15, 0.2) is 0 Å². The fraction of sp³-hybridized carbons (Fsp3) is 0.192. The summed E-state index contributed by atoms with van der Waals surface area (Å²) in [5, 5.41) is 22.6. The van der Waals surface area contributed by atoms with Gasteiger partial charge in [-0.15, -0.1) is 0 Å². The van der Waals surface area contributed by atoms with Crippen molar-refractivity contribution in [1.29, 1.82) is 0 Å². The lowest BCUT2D eigenvalue weighted by Crippen LogP contribution is -2.31. The Hall–Kier alpha value is -3.17. The van der Waals surface area contributed by atoms with Crippen LogP contribution in [0.3, 0.4) is 0 Å². The van der Waals surface area contributed by atoms with Crippen LogP contribution in [0.4, 0.5) is 0 Å². The van der Waals surface area contributed by atoms with E-state index in [1.54, 1.807) is 12.1 Å². The van der Waals surface area contributed by atoms with E-state index in [2.05, 4.69) is 30.3 Å². The molecule has 3 heteroatoms. The minimum absolute atomic E-state index is 0.172. The minimum Gasteiger partial charge on any atom is -0.545 e. The van der Waals surface area contributed by atoms with Gasteiger partial charge in [-0.05, 0) is 52.6 Å². The fourth-order valence-electron chi connectivity index (χ4n) is 4.98. The molecule has 0 saturated heterocycles. The molecule has 0 radical (unpaired) electrons. The van der Waals surface area contributed by atoms with Gasteiger partial charge in [0.05, 0.1) is 12.1 Å². The number of carbonyl (C=O) groups is 1. The van der Waals surface area contributed by atoms with E-state index in [4.69, 9.17) is 0 Å². The van der Waals surface area contributed by atoms with Gasteiger partial charge < -0.3 is 15.0 Å². The zero-order valence-corrected chi connectivity index (χ0v) is 16.0. The molecule has 5 rings (SSSR count). The van der Waals surface area contributed by atoms with Crippen molar-refractivity contribution in [1.82, 2.24) is 0 Å². The van der Waals surface area contributed by atoms with Crippen molar-refractivity contribution in [2.24, 2.45) is 5.41 Å². The van der Waals surface area contributed by atoms with Crippen LogP contribution in [-0.4, -0.2) is 11.1 Å². The highest BCUT2D eigenvalue weighted by atomic mass is 16.4. The Labute approximate surface area is 170 Å². The maximum atomic E-state index is 11.5. The molecule has 0 heterocycles. The monoisotopic (exact) mass is 381 g/mol. The van der Waals surface area contributed by atoms with E-state index >= 15 is 0 Å². The van der Waals surface area contributed by atoms with Gasteiger partial charge in [-0.25, -0.2) is 0 Å². The van der Waals surface area contributed by atoms with E-state index < -0.39 is 17.5 Å². The highest BCUT2D eigenvalue weighted by molar-refractivity contribution is 5.85. The van der Waals surface area contributed by atoms with Crippen LogP contribution in [-0.2, 0) is 19.3 Å². The first-order valence-electron chi connectivity index (χ1n) is 9.92. The van der Waals surface area contributed by atoms with Crippen LogP contribution in [0.5, 0.6) is 0 Å². The first kappa shape index (κ1) is 17.9. The van der Waals surface area contributed by atoms with Gasteiger partial charge in [0.2, 0.25) is 0 Å². The number of fused-ring (bicyclic) bond motifs is 2. The minimum atomic E-state index is -1.17. The number of carboxylic acids is 1. The molecule has 3 aromatic rings.